The fourth-order valence-corrected chi connectivity index (χ4v) is 5.12. The minimum Gasteiger partial charge on any atom is -0.316 e. The molecule has 1 aromatic carbocycles. The van der Waals surface area contributed by atoms with Crippen LogP contribution in [0.3, 0.4) is 0 Å². The average Bonchev–Trinajstić information content (AvgIpc) is 2.41. The number of sulfonamides is 1. The third-order valence-electron chi connectivity index (χ3n) is 4.38. The highest BCUT2D eigenvalue weighted by atomic mass is 32.2. The summed E-state index contributed by atoms with van der Waals surface area (Å²) in [5.74, 6) is 0. The van der Waals surface area contributed by atoms with Crippen molar-refractivity contribution in [1.82, 2.24) is 9.62 Å². The van der Waals surface area contributed by atoms with Gasteiger partial charge >= 0.3 is 0 Å². The first-order valence-corrected chi connectivity index (χ1v) is 9.09. The lowest BCUT2D eigenvalue weighted by atomic mass is 10.0. The largest absolute Gasteiger partial charge is 0.316 e. The highest BCUT2D eigenvalue weighted by Crippen LogP contribution is 2.30. The molecule has 0 radical (unpaired) electrons. The van der Waals surface area contributed by atoms with Crippen LogP contribution in [-0.4, -0.2) is 31.9 Å². The summed E-state index contributed by atoms with van der Waals surface area (Å²) in [7, 11) is -1.54. The van der Waals surface area contributed by atoms with Crippen molar-refractivity contribution in [2.45, 2.75) is 63.6 Å². The molecular weight excluding hydrogens is 284 g/mol. The summed E-state index contributed by atoms with van der Waals surface area (Å²) in [5.41, 5.74) is 2.15. The van der Waals surface area contributed by atoms with Gasteiger partial charge in [-0.1, -0.05) is 12.5 Å². The maximum absolute atomic E-state index is 13.0. The lowest BCUT2D eigenvalue weighted by Crippen LogP contribution is -2.47. The SMILES string of the molecule is CNCc1cc(S(=O)(=O)N2C(C)CCCC2C)ccc1C. The molecule has 0 bridgehead atoms. The number of nitrogens with zero attached hydrogens (tertiary/aromatic N) is 1. The smallest absolute Gasteiger partial charge is 0.243 e. The molecule has 2 rings (SSSR count). The zero-order chi connectivity index (χ0) is 15.6. The van der Waals surface area contributed by atoms with Crippen LogP contribution in [0, 0.1) is 6.92 Å². The van der Waals surface area contributed by atoms with Gasteiger partial charge in [0.15, 0.2) is 0 Å². The molecule has 5 heteroatoms. The van der Waals surface area contributed by atoms with Gasteiger partial charge in [-0.25, -0.2) is 8.42 Å². The first-order chi connectivity index (χ1) is 9.87. The van der Waals surface area contributed by atoms with Gasteiger partial charge in [0.05, 0.1) is 4.90 Å². The van der Waals surface area contributed by atoms with E-state index in [9.17, 15) is 8.42 Å². The standard InChI is InChI=1S/C16H26N2O2S/c1-12-8-9-16(10-15(12)11-17-4)21(19,20)18-13(2)6-5-7-14(18)3/h8-10,13-14,17H,5-7,11H2,1-4H3. The first-order valence-electron chi connectivity index (χ1n) is 7.65. The van der Waals surface area contributed by atoms with Gasteiger partial charge in [-0.2, -0.15) is 4.31 Å². The molecule has 1 saturated heterocycles. The predicted molar refractivity (Wildman–Crippen MR) is 85.7 cm³/mol. The molecule has 0 saturated carbocycles. The third-order valence-corrected chi connectivity index (χ3v) is 6.50. The molecule has 1 N–H and O–H groups in total. The summed E-state index contributed by atoms with van der Waals surface area (Å²) in [6.07, 6.45) is 2.99. The molecular formula is C16H26N2O2S. The lowest BCUT2D eigenvalue weighted by molar-refractivity contribution is 0.204. The maximum Gasteiger partial charge on any atom is 0.243 e. The van der Waals surface area contributed by atoms with Crippen LogP contribution in [0.2, 0.25) is 0 Å². The Bertz CT molecular complexity index is 588. The summed E-state index contributed by atoms with van der Waals surface area (Å²) in [6, 6.07) is 5.60. The zero-order valence-electron chi connectivity index (χ0n) is 13.4. The molecule has 2 unspecified atom stereocenters. The van der Waals surface area contributed by atoms with Gasteiger partial charge in [0, 0.05) is 18.6 Å². The molecule has 0 aromatic heterocycles. The second-order valence-electron chi connectivity index (χ2n) is 6.08. The van der Waals surface area contributed by atoms with E-state index in [2.05, 4.69) is 5.32 Å². The Hall–Kier alpha value is -0.910. The Morgan fingerprint density at radius 3 is 2.43 bits per heavy atom. The van der Waals surface area contributed by atoms with Gasteiger partial charge in [0.2, 0.25) is 10.0 Å². The van der Waals surface area contributed by atoms with E-state index < -0.39 is 10.0 Å². The Morgan fingerprint density at radius 2 is 1.86 bits per heavy atom. The number of rotatable bonds is 4. The molecule has 1 aliphatic rings. The van der Waals surface area contributed by atoms with Crippen LogP contribution in [0.15, 0.2) is 23.1 Å². The number of nitrogens with one attached hydrogen (secondary N) is 1. The van der Waals surface area contributed by atoms with Crippen molar-refractivity contribution in [2.24, 2.45) is 0 Å². The zero-order valence-corrected chi connectivity index (χ0v) is 14.2. The van der Waals surface area contributed by atoms with Gasteiger partial charge in [0.1, 0.15) is 0 Å². The van der Waals surface area contributed by atoms with Crippen molar-refractivity contribution in [3.05, 3.63) is 29.3 Å². The molecule has 1 fully saturated rings. The van der Waals surface area contributed by atoms with E-state index in [1.165, 1.54) is 0 Å². The number of hydrogen-bond acceptors (Lipinski definition) is 3. The molecule has 0 amide bonds. The van der Waals surface area contributed by atoms with Gasteiger partial charge < -0.3 is 5.32 Å². The van der Waals surface area contributed by atoms with Gasteiger partial charge in [-0.15, -0.1) is 0 Å². The highest BCUT2D eigenvalue weighted by Gasteiger charge is 2.35. The number of piperidine rings is 1. The second kappa shape index (κ2) is 6.46. The van der Waals surface area contributed by atoms with E-state index in [4.69, 9.17) is 0 Å². The van der Waals surface area contributed by atoms with Crippen LogP contribution in [0.1, 0.15) is 44.2 Å². The first kappa shape index (κ1) is 16.5. The topological polar surface area (TPSA) is 49.4 Å². The quantitative estimate of drug-likeness (QED) is 0.930. The fourth-order valence-electron chi connectivity index (χ4n) is 3.18. The van der Waals surface area contributed by atoms with Crippen LogP contribution < -0.4 is 5.32 Å². The van der Waals surface area contributed by atoms with E-state index in [-0.39, 0.29) is 12.1 Å². The minimum atomic E-state index is -3.41. The molecule has 4 nitrogen and oxygen atoms in total. The second-order valence-corrected chi connectivity index (χ2v) is 7.93. The van der Waals surface area contributed by atoms with Crippen LogP contribution in [0.4, 0.5) is 0 Å². The van der Waals surface area contributed by atoms with E-state index in [0.717, 1.165) is 30.4 Å². The molecule has 118 valence electrons. The van der Waals surface area contributed by atoms with Crippen molar-refractivity contribution in [3.63, 3.8) is 0 Å². The van der Waals surface area contributed by atoms with E-state index in [1.54, 1.807) is 10.4 Å². The lowest BCUT2D eigenvalue weighted by Gasteiger charge is -2.37. The van der Waals surface area contributed by atoms with Crippen molar-refractivity contribution in [2.75, 3.05) is 7.05 Å². The summed E-state index contributed by atoms with van der Waals surface area (Å²) in [6.45, 7) is 6.71. The summed E-state index contributed by atoms with van der Waals surface area (Å²) >= 11 is 0. The van der Waals surface area contributed by atoms with Crippen LogP contribution >= 0.6 is 0 Å². The van der Waals surface area contributed by atoms with Gasteiger partial charge in [-0.05, 0) is 63.9 Å². The Labute approximate surface area is 128 Å². The molecule has 2 atom stereocenters. The molecule has 1 heterocycles. The van der Waals surface area contributed by atoms with E-state index in [1.807, 2.05) is 40.0 Å². The monoisotopic (exact) mass is 310 g/mol. The predicted octanol–water partition coefficient (Wildman–Crippen LogP) is 2.67. The molecule has 0 aliphatic carbocycles. The average molecular weight is 310 g/mol. The van der Waals surface area contributed by atoms with Gasteiger partial charge in [-0.3, -0.25) is 0 Å². The molecule has 1 aliphatic heterocycles. The Morgan fingerprint density at radius 1 is 1.24 bits per heavy atom. The number of hydrogen-bond donors (Lipinski definition) is 1. The molecule has 1 aromatic rings. The molecule has 0 spiro atoms. The Balaban J connectivity index is 2.41. The molecule has 21 heavy (non-hydrogen) atoms. The van der Waals surface area contributed by atoms with E-state index in [0.29, 0.717) is 11.4 Å². The van der Waals surface area contributed by atoms with Crippen LogP contribution in [0.5, 0.6) is 0 Å². The fraction of sp³-hybridized carbons (Fsp3) is 0.625. The summed E-state index contributed by atoms with van der Waals surface area (Å²) < 4.78 is 27.7. The Kier molecular flexibility index (Phi) is 5.07. The van der Waals surface area contributed by atoms with Crippen molar-refractivity contribution < 1.29 is 8.42 Å². The van der Waals surface area contributed by atoms with Crippen LogP contribution in [0.25, 0.3) is 0 Å². The van der Waals surface area contributed by atoms with Crippen molar-refractivity contribution in [1.29, 1.82) is 0 Å². The van der Waals surface area contributed by atoms with Gasteiger partial charge in [0.25, 0.3) is 0 Å². The highest BCUT2D eigenvalue weighted by molar-refractivity contribution is 7.89. The number of aryl methyl sites for hydroxylation is 1. The third kappa shape index (κ3) is 3.30. The van der Waals surface area contributed by atoms with Crippen molar-refractivity contribution >= 4 is 10.0 Å². The minimum absolute atomic E-state index is 0.0767. The normalized spacial score (nSPS) is 24.2. The summed E-state index contributed by atoms with van der Waals surface area (Å²) in [5, 5.41) is 3.09. The van der Waals surface area contributed by atoms with Crippen molar-refractivity contribution in [3.8, 4) is 0 Å². The van der Waals surface area contributed by atoms with E-state index >= 15 is 0 Å². The maximum atomic E-state index is 13.0. The van der Waals surface area contributed by atoms with Crippen LogP contribution in [-0.2, 0) is 16.6 Å². The summed E-state index contributed by atoms with van der Waals surface area (Å²) in [4.78, 5) is 0.416. The number of benzene rings is 1.